The predicted molar refractivity (Wildman–Crippen MR) is 65.5 cm³/mol. The highest BCUT2D eigenvalue weighted by Crippen LogP contribution is 2.35. The van der Waals surface area contributed by atoms with Crippen LogP contribution in [0.2, 0.25) is 0 Å². The van der Waals surface area contributed by atoms with Gasteiger partial charge < -0.3 is 4.74 Å². The summed E-state index contributed by atoms with van der Waals surface area (Å²) in [6.45, 7) is 4.00. The molecule has 5 atom stereocenters. The van der Waals surface area contributed by atoms with E-state index >= 15 is 0 Å². The number of ether oxygens (including phenoxy) is 1. The van der Waals surface area contributed by atoms with E-state index in [4.69, 9.17) is 9.57 Å². The van der Waals surface area contributed by atoms with Gasteiger partial charge in [-0.25, -0.2) is 0 Å². The molecule has 0 aromatic carbocycles. The van der Waals surface area contributed by atoms with Crippen LogP contribution in [0.15, 0.2) is 11.6 Å². The molecule has 1 N–H and O–H groups in total. The lowest BCUT2D eigenvalue weighted by atomic mass is 9.80. The minimum atomic E-state index is -0.591. The molecule has 0 amide bonds. The Morgan fingerprint density at radius 2 is 2.22 bits per heavy atom. The van der Waals surface area contributed by atoms with Gasteiger partial charge in [0, 0.05) is 30.4 Å². The minimum Gasteiger partial charge on any atom is -0.377 e. The Morgan fingerprint density at radius 1 is 1.50 bits per heavy atom. The van der Waals surface area contributed by atoms with Crippen LogP contribution in [0.25, 0.3) is 0 Å². The van der Waals surface area contributed by atoms with Gasteiger partial charge in [0.1, 0.15) is 0 Å². The van der Waals surface area contributed by atoms with Crippen LogP contribution in [-0.4, -0.2) is 36.3 Å². The number of nitrogens with zero attached hydrogens (tertiary/aromatic N) is 1. The first-order valence-corrected chi connectivity index (χ1v) is 6.33. The van der Waals surface area contributed by atoms with Crippen LogP contribution in [0.4, 0.5) is 0 Å². The van der Waals surface area contributed by atoms with Gasteiger partial charge in [-0.15, -0.1) is 0 Å². The van der Waals surface area contributed by atoms with Crippen molar-refractivity contribution in [1.29, 1.82) is 0 Å². The Kier molecular flexibility index (Phi) is 3.99. The molecule has 2 rings (SSSR count). The van der Waals surface area contributed by atoms with Crippen molar-refractivity contribution in [3.8, 4) is 0 Å². The van der Waals surface area contributed by atoms with Crippen molar-refractivity contribution < 1.29 is 14.5 Å². The van der Waals surface area contributed by atoms with Crippen molar-refractivity contribution in [2.75, 3.05) is 7.11 Å². The lowest BCUT2D eigenvalue weighted by Gasteiger charge is -2.30. The van der Waals surface area contributed by atoms with Crippen LogP contribution in [0.3, 0.4) is 0 Å². The molecule has 1 fully saturated rings. The molecule has 1 heterocycles. The molecule has 18 heavy (non-hydrogen) atoms. The normalized spacial score (nSPS) is 40.6. The van der Waals surface area contributed by atoms with Crippen molar-refractivity contribution >= 4 is 0 Å². The molecule has 2 aliphatic rings. The number of nitrogens with one attached hydrogen (secondary N) is 1. The van der Waals surface area contributed by atoms with Gasteiger partial charge in [-0.1, -0.05) is 0 Å². The predicted octanol–water partition coefficient (Wildman–Crippen LogP) is 1.29. The van der Waals surface area contributed by atoms with Gasteiger partial charge in [-0.3, -0.25) is 15.0 Å². The van der Waals surface area contributed by atoms with Gasteiger partial charge in [0.05, 0.1) is 12.2 Å². The largest absolute Gasteiger partial charge is 0.377 e. The SMILES string of the molecule is COC1CC[C@@H]([N+](=O)[O-])C=C1C1C(C)NOC1C. The summed E-state index contributed by atoms with van der Waals surface area (Å²) in [5.74, 6) is 0.137. The number of hydrogen-bond donors (Lipinski definition) is 1. The maximum absolute atomic E-state index is 10.9. The molecule has 6 nitrogen and oxygen atoms in total. The first kappa shape index (κ1) is 13.5. The van der Waals surface area contributed by atoms with Crippen LogP contribution >= 0.6 is 0 Å². The van der Waals surface area contributed by atoms with Crippen molar-refractivity contribution in [2.45, 2.75) is 51.0 Å². The molecule has 0 radical (unpaired) electrons. The number of nitro groups is 1. The quantitative estimate of drug-likeness (QED) is 0.468. The maximum Gasteiger partial charge on any atom is 0.231 e. The van der Waals surface area contributed by atoms with E-state index in [1.54, 1.807) is 13.2 Å². The van der Waals surface area contributed by atoms with Crippen LogP contribution in [0.1, 0.15) is 26.7 Å². The Bertz CT molecular complexity index is 348. The van der Waals surface area contributed by atoms with Crippen LogP contribution in [0.5, 0.6) is 0 Å². The molecule has 6 heteroatoms. The number of methoxy groups -OCH3 is 1. The summed E-state index contributed by atoms with van der Waals surface area (Å²) in [6.07, 6.45) is 2.99. The summed E-state index contributed by atoms with van der Waals surface area (Å²) in [7, 11) is 1.66. The van der Waals surface area contributed by atoms with Crippen molar-refractivity contribution in [1.82, 2.24) is 5.48 Å². The molecule has 4 unspecified atom stereocenters. The topological polar surface area (TPSA) is 73.6 Å². The lowest BCUT2D eigenvalue weighted by molar-refractivity contribution is -0.511. The molecule has 0 aromatic rings. The summed E-state index contributed by atoms with van der Waals surface area (Å²) in [5, 5.41) is 10.9. The van der Waals surface area contributed by atoms with E-state index in [2.05, 4.69) is 5.48 Å². The second-order valence-corrected chi connectivity index (χ2v) is 5.08. The highest BCUT2D eigenvalue weighted by Gasteiger charge is 2.40. The average Bonchev–Trinajstić information content (AvgIpc) is 2.68. The summed E-state index contributed by atoms with van der Waals surface area (Å²) in [6, 6.07) is -0.444. The van der Waals surface area contributed by atoms with Gasteiger partial charge in [-0.2, -0.15) is 5.48 Å². The van der Waals surface area contributed by atoms with E-state index in [1.165, 1.54) is 0 Å². The second-order valence-electron chi connectivity index (χ2n) is 5.08. The monoisotopic (exact) mass is 256 g/mol. The maximum atomic E-state index is 10.9. The second kappa shape index (κ2) is 5.34. The van der Waals surface area contributed by atoms with Crippen molar-refractivity contribution in [2.24, 2.45) is 5.92 Å². The third kappa shape index (κ3) is 2.41. The minimum absolute atomic E-state index is 0.00871. The fourth-order valence-electron chi connectivity index (χ4n) is 2.98. The first-order valence-electron chi connectivity index (χ1n) is 6.33. The van der Waals surface area contributed by atoms with Gasteiger partial charge in [0.15, 0.2) is 0 Å². The molecule has 0 bridgehead atoms. The zero-order valence-corrected chi connectivity index (χ0v) is 11.0. The van der Waals surface area contributed by atoms with E-state index < -0.39 is 6.04 Å². The Balaban J connectivity index is 2.27. The van der Waals surface area contributed by atoms with E-state index in [1.807, 2.05) is 13.8 Å². The fourth-order valence-corrected chi connectivity index (χ4v) is 2.98. The van der Waals surface area contributed by atoms with Crippen LogP contribution < -0.4 is 5.48 Å². The van der Waals surface area contributed by atoms with Crippen molar-refractivity contribution in [3.63, 3.8) is 0 Å². The molecular formula is C12H20N2O4. The number of rotatable bonds is 3. The van der Waals surface area contributed by atoms with Crippen LogP contribution in [0, 0.1) is 16.0 Å². The highest BCUT2D eigenvalue weighted by atomic mass is 16.7. The molecule has 0 aromatic heterocycles. The number of hydrogen-bond acceptors (Lipinski definition) is 5. The summed E-state index contributed by atoms with van der Waals surface area (Å²) < 4.78 is 5.47. The molecule has 1 aliphatic heterocycles. The van der Waals surface area contributed by atoms with E-state index in [0.29, 0.717) is 12.8 Å². The molecular weight excluding hydrogens is 236 g/mol. The number of hydroxylamine groups is 1. The smallest absolute Gasteiger partial charge is 0.231 e. The van der Waals surface area contributed by atoms with Gasteiger partial charge in [-0.05, 0) is 31.9 Å². The third-order valence-corrected chi connectivity index (χ3v) is 3.91. The summed E-state index contributed by atoms with van der Waals surface area (Å²) >= 11 is 0. The average molecular weight is 256 g/mol. The molecule has 0 saturated carbocycles. The lowest BCUT2D eigenvalue weighted by Crippen LogP contribution is -2.36. The van der Waals surface area contributed by atoms with Crippen molar-refractivity contribution in [3.05, 3.63) is 21.8 Å². The molecule has 1 aliphatic carbocycles. The van der Waals surface area contributed by atoms with E-state index in [0.717, 1.165) is 5.57 Å². The molecule has 1 saturated heterocycles. The summed E-state index contributed by atoms with van der Waals surface area (Å²) in [4.78, 5) is 16.1. The first-order chi connectivity index (χ1) is 8.54. The Morgan fingerprint density at radius 3 is 2.72 bits per heavy atom. The van der Waals surface area contributed by atoms with E-state index in [9.17, 15) is 10.1 Å². The Labute approximate surface area is 106 Å². The summed E-state index contributed by atoms with van der Waals surface area (Å²) in [5.41, 5.74) is 3.95. The third-order valence-electron chi connectivity index (χ3n) is 3.91. The zero-order valence-electron chi connectivity index (χ0n) is 11.0. The van der Waals surface area contributed by atoms with E-state index in [-0.39, 0.29) is 29.1 Å². The fraction of sp³-hybridized carbons (Fsp3) is 0.833. The Hall–Kier alpha value is -0.980. The van der Waals surface area contributed by atoms with Gasteiger partial charge in [0.2, 0.25) is 6.04 Å². The zero-order chi connectivity index (χ0) is 13.3. The molecule has 102 valence electrons. The van der Waals surface area contributed by atoms with Gasteiger partial charge >= 0.3 is 0 Å². The van der Waals surface area contributed by atoms with Gasteiger partial charge in [0.25, 0.3) is 0 Å². The molecule has 0 spiro atoms. The van der Waals surface area contributed by atoms with Crippen LogP contribution in [-0.2, 0) is 9.57 Å². The standard InChI is InChI=1S/C12H20N2O4/c1-7-12(8(2)18-13-7)10-6-9(14(15)16)4-5-11(10)17-3/h6-9,11-13H,4-5H2,1-3H3/t7?,8?,9-,11?,12?/m1/s1. The highest BCUT2D eigenvalue weighted by molar-refractivity contribution is 5.21.